The van der Waals surface area contributed by atoms with Crippen molar-refractivity contribution in [1.82, 2.24) is 0 Å². The van der Waals surface area contributed by atoms with Gasteiger partial charge in [0, 0.05) is 6.04 Å². The SMILES string of the molecule is CC12CC[C@@H](C1)C(C)(C)[C@@H]2N. The van der Waals surface area contributed by atoms with Crippen LogP contribution < -0.4 is 5.73 Å². The monoisotopic (exact) mass is 153 g/mol. The molecular weight excluding hydrogens is 134 g/mol. The van der Waals surface area contributed by atoms with Crippen LogP contribution in [-0.4, -0.2) is 6.04 Å². The Morgan fingerprint density at radius 2 is 1.91 bits per heavy atom. The van der Waals surface area contributed by atoms with Gasteiger partial charge in [0.05, 0.1) is 0 Å². The summed E-state index contributed by atoms with van der Waals surface area (Å²) in [5.41, 5.74) is 7.12. The Morgan fingerprint density at radius 1 is 1.27 bits per heavy atom. The van der Waals surface area contributed by atoms with Gasteiger partial charge in [-0.05, 0) is 36.0 Å². The van der Waals surface area contributed by atoms with Gasteiger partial charge < -0.3 is 5.73 Å². The summed E-state index contributed by atoms with van der Waals surface area (Å²) in [5.74, 6) is 0.905. The molecule has 0 radical (unpaired) electrons. The van der Waals surface area contributed by atoms with E-state index in [1.807, 2.05) is 0 Å². The van der Waals surface area contributed by atoms with Gasteiger partial charge in [-0.1, -0.05) is 20.8 Å². The Balaban J connectivity index is 2.34. The van der Waals surface area contributed by atoms with Crippen LogP contribution >= 0.6 is 0 Å². The first kappa shape index (κ1) is 7.60. The van der Waals surface area contributed by atoms with Crippen molar-refractivity contribution in [2.24, 2.45) is 22.5 Å². The minimum absolute atomic E-state index is 0.410. The zero-order valence-corrected chi connectivity index (χ0v) is 7.85. The molecule has 2 bridgehead atoms. The average Bonchev–Trinajstić information content (AvgIpc) is 2.36. The molecular formula is C10H19N. The van der Waals surface area contributed by atoms with E-state index in [0.717, 1.165) is 5.92 Å². The lowest BCUT2D eigenvalue weighted by molar-refractivity contribution is 0.141. The van der Waals surface area contributed by atoms with Crippen molar-refractivity contribution in [2.45, 2.75) is 46.1 Å². The van der Waals surface area contributed by atoms with Gasteiger partial charge >= 0.3 is 0 Å². The molecule has 2 aliphatic carbocycles. The van der Waals surface area contributed by atoms with Crippen molar-refractivity contribution in [3.8, 4) is 0 Å². The van der Waals surface area contributed by atoms with Gasteiger partial charge in [-0.15, -0.1) is 0 Å². The summed E-state index contributed by atoms with van der Waals surface area (Å²) in [6.07, 6.45) is 4.15. The van der Waals surface area contributed by atoms with E-state index in [1.165, 1.54) is 19.3 Å². The summed E-state index contributed by atoms with van der Waals surface area (Å²) in [4.78, 5) is 0. The van der Waals surface area contributed by atoms with E-state index in [9.17, 15) is 0 Å². The van der Waals surface area contributed by atoms with E-state index in [4.69, 9.17) is 5.73 Å². The number of fused-ring (bicyclic) bond motifs is 2. The fourth-order valence-corrected chi connectivity index (χ4v) is 3.34. The van der Waals surface area contributed by atoms with Gasteiger partial charge in [0.15, 0.2) is 0 Å². The van der Waals surface area contributed by atoms with Crippen LogP contribution in [0, 0.1) is 16.7 Å². The fourth-order valence-electron chi connectivity index (χ4n) is 3.34. The topological polar surface area (TPSA) is 26.0 Å². The largest absolute Gasteiger partial charge is 0.327 e. The molecule has 0 aromatic rings. The standard InChI is InChI=1S/C10H19N/c1-9(2)7-4-5-10(3,6-7)8(9)11/h7-8H,4-6,11H2,1-3H3/t7-,8-,10?/m0/s1. The molecule has 2 N–H and O–H groups in total. The molecule has 0 aliphatic heterocycles. The zero-order chi connectivity index (χ0) is 8.28. The third-order valence-corrected chi connectivity index (χ3v) is 4.38. The van der Waals surface area contributed by atoms with Crippen LogP contribution in [0.4, 0.5) is 0 Å². The average molecular weight is 153 g/mol. The number of nitrogens with two attached hydrogens (primary N) is 1. The normalized spacial score (nSPS) is 53.5. The van der Waals surface area contributed by atoms with Gasteiger partial charge in [-0.25, -0.2) is 0 Å². The number of hydrogen-bond donors (Lipinski definition) is 1. The summed E-state index contributed by atoms with van der Waals surface area (Å²) in [6.45, 7) is 7.05. The summed E-state index contributed by atoms with van der Waals surface area (Å²) in [5, 5.41) is 0. The van der Waals surface area contributed by atoms with Crippen molar-refractivity contribution in [3.63, 3.8) is 0 Å². The molecule has 0 aromatic heterocycles. The van der Waals surface area contributed by atoms with Crippen LogP contribution in [0.3, 0.4) is 0 Å². The van der Waals surface area contributed by atoms with Crippen LogP contribution in [0.5, 0.6) is 0 Å². The summed E-state index contributed by atoms with van der Waals surface area (Å²) >= 11 is 0. The molecule has 1 nitrogen and oxygen atoms in total. The van der Waals surface area contributed by atoms with Crippen LogP contribution in [-0.2, 0) is 0 Å². The maximum atomic E-state index is 6.23. The third kappa shape index (κ3) is 0.752. The molecule has 2 aliphatic rings. The second-order valence-electron chi connectivity index (χ2n) is 5.39. The lowest BCUT2D eigenvalue weighted by Gasteiger charge is -2.40. The van der Waals surface area contributed by atoms with Crippen molar-refractivity contribution < 1.29 is 0 Å². The first-order valence-corrected chi connectivity index (χ1v) is 4.72. The van der Waals surface area contributed by atoms with Crippen molar-refractivity contribution in [3.05, 3.63) is 0 Å². The van der Waals surface area contributed by atoms with E-state index >= 15 is 0 Å². The minimum Gasteiger partial charge on any atom is -0.327 e. The fraction of sp³-hybridized carbons (Fsp3) is 1.00. The Morgan fingerprint density at radius 3 is 2.18 bits per heavy atom. The summed E-state index contributed by atoms with van der Waals surface area (Å²) in [6, 6.07) is 0.439. The molecule has 11 heavy (non-hydrogen) atoms. The molecule has 0 saturated heterocycles. The Labute approximate surface area is 69.4 Å². The molecule has 0 amide bonds. The number of rotatable bonds is 0. The van der Waals surface area contributed by atoms with Gasteiger partial charge in [-0.3, -0.25) is 0 Å². The first-order chi connectivity index (χ1) is 4.97. The zero-order valence-electron chi connectivity index (χ0n) is 7.85. The molecule has 0 spiro atoms. The van der Waals surface area contributed by atoms with Gasteiger partial charge in [-0.2, -0.15) is 0 Å². The van der Waals surface area contributed by atoms with Crippen molar-refractivity contribution >= 4 is 0 Å². The smallest absolute Gasteiger partial charge is 0.0147 e. The molecule has 3 atom stereocenters. The van der Waals surface area contributed by atoms with E-state index in [-0.39, 0.29) is 0 Å². The summed E-state index contributed by atoms with van der Waals surface area (Å²) in [7, 11) is 0. The van der Waals surface area contributed by atoms with Crippen molar-refractivity contribution in [1.29, 1.82) is 0 Å². The molecule has 1 heteroatoms. The highest BCUT2D eigenvalue weighted by Gasteiger charge is 2.57. The minimum atomic E-state index is 0.410. The van der Waals surface area contributed by atoms with Crippen LogP contribution in [0.1, 0.15) is 40.0 Å². The maximum Gasteiger partial charge on any atom is 0.0147 e. The predicted molar refractivity (Wildman–Crippen MR) is 47.2 cm³/mol. The van der Waals surface area contributed by atoms with E-state index in [0.29, 0.717) is 16.9 Å². The number of hydrogen-bond acceptors (Lipinski definition) is 1. The highest BCUT2D eigenvalue weighted by atomic mass is 14.8. The quantitative estimate of drug-likeness (QED) is 0.567. The molecule has 1 unspecified atom stereocenters. The maximum absolute atomic E-state index is 6.23. The Kier molecular flexibility index (Phi) is 1.26. The van der Waals surface area contributed by atoms with Crippen molar-refractivity contribution in [2.75, 3.05) is 0 Å². The lowest BCUT2D eigenvalue weighted by atomic mass is 9.69. The highest BCUT2D eigenvalue weighted by molar-refractivity contribution is 5.10. The van der Waals surface area contributed by atoms with E-state index in [2.05, 4.69) is 20.8 Å². The molecule has 2 fully saturated rings. The van der Waals surface area contributed by atoms with E-state index < -0.39 is 0 Å². The second-order valence-corrected chi connectivity index (χ2v) is 5.39. The lowest BCUT2D eigenvalue weighted by Crippen LogP contribution is -2.46. The predicted octanol–water partition coefficient (Wildman–Crippen LogP) is 2.16. The van der Waals surface area contributed by atoms with Gasteiger partial charge in [0.25, 0.3) is 0 Å². The molecule has 2 saturated carbocycles. The molecule has 0 aromatic carbocycles. The van der Waals surface area contributed by atoms with Gasteiger partial charge in [0.2, 0.25) is 0 Å². The Hall–Kier alpha value is -0.0400. The van der Waals surface area contributed by atoms with E-state index in [1.54, 1.807) is 0 Å². The van der Waals surface area contributed by atoms with Crippen LogP contribution in [0.2, 0.25) is 0 Å². The molecule has 64 valence electrons. The summed E-state index contributed by atoms with van der Waals surface area (Å²) < 4.78 is 0. The molecule has 0 heterocycles. The third-order valence-electron chi connectivity index (χ3n) is 4.38. The second kappa shape index (κ2) is 1.82. The molecule has 2 rings (SSSR count). The van der Waals surface area contributed by atoms with Gasteiger partial charge in [0.1, 0.15) is 0 Å². The Bertz CT molecular complexity index is 181. The first-order valence-electron chi connectivity index (χ1n) is 4.72. The highest BCUT2D eigenvalue weighted by Crippen LogP contribution is 2.61. The van der Waals surface area contributed by atoms with Crippen LogP contribution in [0.15, 0.2) is 0 Å². The van der Waals surface area contributed by atoms with Crippen LogP contribution in [0.25, 0.3) is 0 Å².